The van der Waals surface area contributed by atoms with Crippen molar-refractivity contribution in [3.05, 3.63) is 0 Å². The molecule has 0 bridgehead atoms. The second kappa shape index (κ2) is 5.48. The van der Waals surface area contributed by atoms with E-state index in [1.807, 2.05) is 0 Å². The highest BCUT2D eigenvalue weighted by atomic mass is 16.3. The van der Waals surface area contributed by atoms with Crippen molar-refractivity contribution in [3.8, 4) is 0 Å². The molecule has 0 aromatic heterocycles. The Hall–Kier alpha value is -0.120. The number of nitrogens with zero attached hydrogens (tertiary/aromatic N) is 1. The Morgan fingerprint density at radius 3 is 2.83 bits per heavy atom. The van der Waals surface area contributed by atoms with Crippen LogP contribution in [0.2, 0.25) is 0 Å². The molecule has 3 heteroatoms. The highest BCUT2D eigenvalue weighted by Gasteiger charge is 2.46. The van der Waals surface area contributed by atoms with Gasteiger partial charge in [-0.25, -0.2) is 0 Å². The summed E-state index contributed by atoms with van der Waals surface area (Å²) in [6.45, 7) is 5.93. The summed E-state index contributed by atoms with van der Waals surface area (Å²) < 4.78 is 0. The second-order valence-corrected chi connectivity index (χ2v) is 6.53. The minimum absolute atomic E-state index is 0.0756. The van der Waals surface area contributed by atoms with Gasteiger partial charge in [-0.1, -0.05) is 26.2 Å². The summed E-state index contributed by atoms with van der Waals surface area (Å²) in [5, 5.41) is 14.0. The van der Waals surface area contributed by atoms with Crippen molar-refractivity contribution in [1.82, 2.24) is 10.2 Å². The number of hydrogen-bond donors (Lipinski definition) is 2. The second-order valence-electron chi connectivity index (χ2n) is 6.53. The number of aliphatic hydroxyl groups excluding tert-OH is 1. The van der Waals surface area contributed by atoms with Crippen LogP contribution in [0.3, 0.4) is 0 Å². The summed E-state index contributed by atoms with van der Waals surface area (Å²) in [4.78, 5) is 2.69. The van der Waals surface area contributed by atoms with Gasteiger partial charge in [-0.15, -0.1) is 0 Å². The molecule has 3 rings (SSSR count). The number of fused-ring (bicyclic) bond motifs is 1. The van der Waals surface area contributed by atoms with Gasteiger partial charge in [0.05, 0.1) is 6.10 Å². The van der Waals surface area contributed by atoms with Gasteiger partial charge < -0.3 is 10.4 Å². The van der Waals surface area contributed by atoms with E-state index in [1.165, 1.54) is 51.7 Å². The van der Waals surface area contributed by atoms with Crippen molar-refractivity contribution < 1.29 is 5.11 Å². The first-order valence-electron chi connectivity index (χ1n) is 7.95. The lowest BCUT2D eigenvalue weighted by Crippen LogP contribution is -2.47. The molecule has 2 saturated heterocycles. The Morgan fingerprint density at radius 2 is 2.00 bits per heavy atom. The number of aliphatic hydroxyl groups is 1. The summed E-state index contributed by atoms with van der Waals surface area (Å²) in [6.07, 6.45) is 7.24. The van der Waals surface area contributed by atoms with E-state index in [4.69, 9.17) is 0 Å². The van der Waals surface area contributed by atoms with Gasteiger partial charge in [-0.2, -0.15) is 0 Å². The van der Waals surface area contributed by atoms with E-state index in [0.29, 0.717) is 12.1 Å². The van der Waals surface area contributed by atoms with Crippen LogP contribution in [0.15, 0.2) is 0 Å². The standard InChI is InChI=1S/C15H28N2O/c1-2-13-12-9-16-8-11(12)10-17(13)14-6-4-3-5-7-15(14)18/h11-16,18H,2-10H2,1H3. The van der Waals surface area contributed by atoms with Gasteiger partial charge in [0.15, 0.2) is 0 Å². The normalized spacial score (nSPS) is 46.0. The molecule has 3 aliphatic rings. The Labute approximate surface area is 111 Å². The molecule has 0 radical (unpaired) electrons. The third-order valence-corrected chi connectivity index (χ3v) is 5.55. The molecule has 2 N–H and O–H groups in total. The highest BCUT2D eigenvalue weighted by Crippen LogP contribution is 2.38. The summed E-state index contributed by atoms with van der Waals surface area (Å²) in [5.74, 6) is 1.68. The van der Waals surface area contributed by atoms with Crippen molar-refractivity contribution in [3.63, 3.8) is 0 Å². The lowest BCUT2D eigenvalue weighted by atomic mass is 9.92. The molecule has 104 valence electrons. The van der Waals surface area contributed by atoms with Crippen LogP contribution in [-0.2, 0) is 0 Å². The maximum atomic E-state index is 10.4. The first-order valence-corrected chi connectivity index (χ1v) is 7.95. The molecule has 18 heavy (non-hydrogen) atoms. The molecule has 1 aliphatic carbocycles. The van der Waals surface area contributed by atoms with Crippen LogP contribution < -0.4 is 5.32 Å². The van der Waals surface area contributed by atoms with Crippen molar-refractivity contribution in [2.75, 3.05) is 19.6 Å². The topological polar surface area (TPSA) is 35.5 Å². The quantitative estimate of drug-likeness (QED) is 0.733. The van der Waals surface area contributed by atoms with Gasteiger partial charge in [0, 0.05) is 18.6 Å². The van der Waals surface area contributed by atoms with E-state index in [2.05, 4.69) is 17.1 Å². The molecule has 0 spiro atoms. The fourth-order valence-corrected chi connectivity index (χ4v) is 4.63. The maximum Gasteiger partial charge on any atom is 0.0695 e. The van der Waals surface area contributed by atoms with Crippen LogP contribution in [0.1, 0.15) is 45.4 Å². The molecular formula is C15H28N2O. The number of hydrogen-bond acceptors (Lipinski definition) is 3. The van der Waals surface area contributed by atoms with E-state index in [9.17, 15) is 5.11 Å². The molecule has 0 aromatic carbocycles. The predicted molar refractivity (Wildman–Crippen MR) is 73.5 cm³/mol. The molecule has 0 amide bonds. The molecule has 5 atom stereocenters. The van der Waals surface area contributed by atoms with Gasteiger partial charge in [0.2, 0.25) is 0 Å². The summed E-state index contributed by atoms with van der Waals surface area (Å²) in [6, 6.07) is 1.16. The molecule has 5 unspecified atom stereocenters. The minimum Gasteiger partial charge on any atom is -0.391 e. The number of rotatable bonds is 2. The van der Waals surface area contributed by atoms with Gasteiger partial charge in [-0.05, 0) is 44.2 Å². The SMILES string of the molecule is CCC1C2CNCC2CN1C1CCCCCC1O. The summed E-state index contributed by atoms with van der Waals surface area (Å²) >= 11 is 0. The molecule has 2 heterocycles. The third-order valence-electron chi connectivity index (χ3n) is 5.55. The van der Waals surface area contributed by atoms with Crippen molar-refractivity contribution in [2.45, 2.75) is 63.6 Å². The van der Waals surface area contributed by atoms with Crippen LogP contribution in [-0.4, -0.2) is 47.8 Å². The largest absolute Gasteiger partial charge is 0.391 e. The van der Waals surface area contributed by atoms with Crippen LogP contribution >= 0.6 is 0 Å². The van der Waals surface area contributed by atoms with Gasteiger partial charge >= 0.3 is 0 Å². The highest BCUT2D eigenvalue weighted by molar-refractivity contribution is 5.01. The fraction of sp³-hybridized carbons (Fsp3) is 1.00. The maximum absolute atomic E-state index is 10.4. The Morgan fingerprint density at radius 1 is 1.17 bits per heavy atom. The third kappa shape index (κ3) is 2.21. The zero-order chi connectivity index (χ0) is 12.5. The van der Waals surface area contributed by atoms with E-state index in [0.717, 1.165) is 18.3 Å². The average Bonchev–Trinajstić information content (AvgIpc) is 2.86. The number of nitrogens with one attached hydrogen (secondary N) is 1. The molecule has 1 saturated carbocycles. The fourth-order valence-electron chi connectivity index (χ4n) is 4.63. The first kappa shape index (κ1) is 12.9. The van der Waals surface area contributed by atoms with Crippen LogP contribution in [0.25, 0.3) is 0 Å². The molecule has 3 nitrogen and oxygen atoms in total. The van der Waals surface area contributed by atoms with Crippen molar-refractivity contribution >= 4 is 0 Å². The van der Waals surface area contributed by atoms with Gasteiger partial charge in [0.1, 0.15) is 0 Å². The molecule has 0 aromatic rings. The lowest BCUT2D eigenvalue weighted by Gasteiger charge is -2.36. The zero-order valence-electron chi connectivity index (χ0n) is 11.6. The van der Waals surface area contributed by atoms with Gasteiger partial charge in [0.25, 0.3) is 0 Å². The van der Waals surface area contributed by atoms with Crippen LogP contribution in [0, 0.1) is 11.8 Å². The molecular weight excluding hydrogens is 224 g/mol. The van der Waals surface area contributed by atoms with E-state index in [1.54, 1.807) is 0 Å². The van der Waals surface area contributed by atoms with E-state index >= 15 is 0 Å². The smallest absolute Gasteiger partial charge is 0.0695 e. The predicted octanol–water partition coefficient (Wildman–Crippen LogP) is 1.61. The molecule has 3 fully saturated rings. The number of likely N-dealkylation sites (tertiary alicyclic amines) is 1. The molecule has 2 aliphatic heterocycles. The van der Waals surface area contributed by atoms with E-state index < -0.39 is 0 Å². The van der Waals surface area contributed by atoms with Crippen molar-refractivity contribution in [2.24, 2.45) is 11.8 Å². The minimum atomic E-state index is -0.0756. The summed E-state index contributed by atoms with van der Waals surface area (Å²) in [5.41, 5.74) is 0. The van der Waals surface area contributed by atoms with Gasteiger partial charge in [-0.3, -0.25) is 4.90 Å². The first-order chi connectivity index (χ1) is 8.81. The van der Waals surface area contributed by atoms with Crippen LogP contribution in [0.5, 0.6) is 0 Å². The zero-order valence-corrected chi connectivity index (χ0v) is 11.6. The summed E-state index contributed by atoms with van der Waals surface area (Å²) in [7, 11) is 0. The van der Waals surface area contributed by atoms with E-state index in [-0.39, 0.29) is 6.10 Å². The Bertz CT molecular complexity index is 284. The monoisotopic (exact) mass is 252 g/mol. The Kier molecular flexibility index (Phi) is 3.92. The van der Waals surface area contributed by atoms with Crippen molar-refractivity contribution in [1.29, 1.82) is 0 Å². The Balaban J connectivity index is 1.74. The van der Waals surface area contributed by atoms with Crippen LogP contribution in [0.4, 0.5) is 0 Å². The average molecular weight is 252 g/mol. The lowest BCUT2D eigenvalue weighted by molar-refractivity contribution is 0.0298.